The third-order valence-corrected chi connectivity index (χ3v) is 5.52. The van der Waals surface area contributed by atoms with Gasteiger partial charge in [-0.1, -0.05) is 0 Å². The van der Waals surface area contributed by atoms with Gasteiger partial charge in [-0.2, -0.15) is 0 Å². The minimum atomic E-state index is -0.0767. The second-order valence-electron chi connectivity index (χ2n) is 5.32. The number of aryl methyl sites for hydroxylation is 4. The summed E-state index contributed by atoms with van der Waals surface area (Å²) in [7, 11) is -0.0767. The fraction of sp³-hybridized carbons (Fsp3) is 0.294. The van der Waals surface area contributed by atoms with E-state index in [2.05, 4.69) is 6.26 Å². The molecule has 0 aliphatic rings. The van der Waals surface area contributed by atoms with Crippen molar-refractivity contribution >= 4 is 10.9 Å². The van der Waals surface area contributed by atoms with Crippen molar-refractivity contribution in [1.82, 2.24) is 0 Å². The molecule has 2 aromatic rings. The van der Waals surface area contributed by atoms with Crippen molar-refractivity contribution in [3.8, 4) is 11.5 Å². The summed E-state index contributed by atoms with van der Waals surface area (Å²) in [6, 6.07) is 8.18. The first-order chi connectivity index (χ1) is 9.31. The highest BCUT2D eigenvalue weighted by molar-refractivity contribution is 7.96. The molecule has 0 fully saturated rings. The molecule has 2 rings (SSSR count). The van der Waals surface area contributed by atoms with Crippen LogP contribution in [-0.2, 0) is 10.9 Å². The minimum absolute atomic E-state index is 0.0767. The Kier molecular flexibility index (Phi) is 4.00. The van der Waals surface area contributed by atoms with Gasteiger partial charge in [-0.25, -0.2) is 0 Å². The van der Waals surface area contributed by atoms with Gasteiger partial charge in [0.25, 0.3) is 0 Å². The molecule has 0 unspecified atom stereocenters. The summed E-state index contributed by atoms with van der Waals surface area (Å²) in [4.78, 5) is 2.42. The van der Waals surface area contributed by atoms with Crippen LogP contribution in [0, 0.1) is 27.7 Å². The Labute approximate surface area is 123 Å². The van der Waals surface area contributed by atoms with Crippen LogP contribution in [0.5, 0.6) is 11.5 Å². The lowest BCUT2D eigenvalue weighted by Crippen LogP contribution is -2.03. The van der Waals surface area contributed by atoms with Gasteiger partial charge in [-0.15, -0.1) is 0 Å². The molecule has 2 N–H and O–H groups in total. The maximum atomic E-state index is 9.88. The first-order valence-electron chi connectivity index (χ1n) is 6.57. The summed E-state index contributed by atoms with van der Waals surface area (Å²) in [5, 5.41) is 19.8. The van der Waals surface area contributed by atoms with Gasteiger partial charge >= 0.3 is 0 Å². The number of rotatable bonds is 2. The molecule has 106 valence electrons. The van der Waals surface area contributed by atoms with E-state index in [0.29, 0.717) is 11.5 Å². The molecule has 20 heavy (non-hydrogen) atoms. The second kappa shape index (κ2) is 5.41. The molecule has 0 aliphatic heterocycles. The molecule has 0 aromatic heterocycles. The normalized spacial score (nSPS) is 11.1. The van der Waals surface area contributed by atoms with Crippen LogP contribution in [0.2, 0.25) is 0 Å². The molecule has 2 nitrogen and oxygen atoms in total. The van der Waals surface area contributed by atoms with Crippen LogP contribution in [0.3, 0.4) is 0 Å². The van der Waals surface area contributed by atoms with Gasteiger partial charge < -0.3 is 10.2 Å². The summed E-state index contributed by atoms with van der Waals surface area (Å²) in [5.41, 5.74) is 3.64. The highest BCUT2D eigenvalue weighted by Gasteiger charge is 2.22. The quantitative estimate of drug-likeness (QED) is 0.820. The number of hydrogen-bond acceptors (Lipinski definition) is 2. The highest BCUT2D eigenvalue weighted by atomic mass is 32.2. The smallest absolute Gasteiger partial charge is 0.161 e. The lowest BCUT2D eigenvalue weighted by Gasteiger charge is -2.10. The molecule has 0 amide bonds. The predicted molar refractivity (Wildman–Crippen MR) is 85.0 cm³/mol. The second-order valence-corrected chi connectivity index (χ2v) is 7.29. The topological polar surface area (TPSA) is 40.5 Å². The van der Waals surface area contributed by atoms with Gasteiger partial charge in [-0.3, -0.25) is 0 Å². The first kappa shape index (κ1) is 14.8. The summed E-state index contributed by atoms with van der Waals surface area (Å²) < 4.78 is 0. The van der Waals surface area contributed by atoms with E-state index in [9.17, 15) is 10.2 Å². The number of benzene rings is 2. The standard InChI is InChI=1S/C17H20O2S/c1-10-6-14(7-11(2)16(10)18)20(5)15-8-12(3)17(19)13(4)9-15/h6-9H,1-5H3,(H-,18,19)/p+1. The summed E-state index contributed by atoms with van der Waals surface area (Å²) in [5.74, 6) is 0.757. The van der Waals surface area contributed by atoms with Gasteiger partial charge in [-0.05, 0) is 49.9 Å². The average Bonchev–Trinajstić information content (AvgIpc) is 2.40. The zero-order chi connectivity index (χ0) is 15.0. The zero-order valence-corrected chi connectivity index (χ0v) is 13.4. The van der Waals surface area contributed by atoms with Crippen LogP contribution in [-0.4, -0.2) is 16.5 Å². The average molecular weight is 289 g/mol. The Morgan fingerprint density at radius 3 is 1.15 bits per heavy atom. The van der Waals surface area contributed by atoms with E-state index in [4.69, 9.17) is 0 Å². The highest BCUT2D eigenvalue weighted by Crippen LogP contribution is 2.32. The van der Waals surface area contributed by atoms with E-state index in [-0.39, 0.29) is 10.9 Å². The molecule has 0 bridgehead atoms. The van der Waals surface area contributed by atoms with Crippen LogP contribution in [0.15, 0.2) is 34.1 Å². The van der Waals surface area contributed by atoms with Crippen molar-refractivity contribution in [3.05, 3.63) is 46.5 Å². The Bertz CT molecular complexity index is 559. The first-order valence-corrected chi connectivity index (χ1v) is 8.21. The van der Waals surface area contributed by atoms with E-state index in [1.165, 1.54) is 9.79 Å². The fourth-order valence-corrected chi connectivity index (χ4v) is 4.01. The van der Waals surface area contributed by atoms with E-state index in [1.54, 1.807) is 0 Å². The van der Waals surface area contributed by atoms with Crippen LogP contribution in [0.1, 0.15) is 22.3 Å². The van der Waals surface area contributed by atoms with E-state index >= 15 is 0 Å². The Morgan fingerprint density at radius 1 is 0.650 bits per heavy atom. The van der Waals surface area contributed by atoms with Gasteiger partial charge in [0, 0.05) is 24.3 Å². The maximum absolute atomic E-state index is 9.88. The molecule has 0 saturated heterocycles. The molecule has 0 atom stereocenters. The molecule has 0 aliphatic carbocycles. The number of phenolic OH excluding ortho intramolecular Hbond substituents is 2. The van der Waals surface area contributed by atoms with Crippen LogP contribution < -0.4 is 0 Å². The number of phenols is 2. The Balaban J connectivity index is 2.49. The summed E-state index contributed by atoms with van der Waals surface area (Å²) >= 11 is 0. The molecule has 2 aromatic carbocycles. The van der Waals surface area contributed by atoms with Crippen molar-refractivity contribution in [2.24, 2.45) is 0 Å². The summed E-state index contributed by atoms with van der Waals surface area (Å²) in [6.45, 7) is 7.71. The van der Waals surface area contributed by atoms with Crippen LogP contribution in [0.25, 0.3) is 0 Å². The van der Waals surface area contributed by atoms with Gasteiger partial charge in [0.2, 0.25) is 0 Å². The Morgan fingerprint density at radius 2 is 0.900 bits per heavy atom. The van der Waals surface area contributed by atoms with Crippen molar-refractivity contribution in [2.75, 3.05) is 6.26 Å². The maximum Gasteiger partial charge on any atom is 0.161 e. The molecule has 3 heteroatoms. The van der Waals surface area contributed by atoms with E-state index in [0.717, 1.165) is 22.3 Å². The number of hydrogen-bond donors (Lipinski definition) is 2. The van der Waals surface area contributed by atoms with E-state index < -0.39 is 0 Å². The lowest BCUT2D eigenvalue weighted by molar-refractivity contribution is 0.466. The molecule has 0 spiro atoms. The number of aromatic hydroxyl groups is 2. The van der Waals surface area contributed by atoms with Gasteiger partial charge in [0.05, 0.1) is 10.9 Å². The van der Waals surface area contributed by atoms with Crippen molar-refractivity contribution < 1.29 is 10.2 Å². The summed E-state index contributed by atoms with van der Waals surface area (Å²) in [6.07, 6.45) is 2.18. The van der Waals surface area contributed by atoms with E-state index in [1.807, 2.05) is 52.0 Å². The molecule has 0 heterocycles. The minimum Gasteiger partial charge on any atom is -0.507 e. The van der Waals surface area contributed by atoms with Crippen molar-refractivity contribution in [2.45, 2.75) is 37.5 Å². The largest absolute Gasteiger partial charge is 0.507 e. The predicted octanol–water partition coefficient (Wildman–Crippen LogP) is 4.00. The third-order valence-electron chi connectivity index (χ3n) is 3.64. The molecular weight excluding hydrogens is 268 g/mol. The third kappa shape index (κ3) is 2.63. The molecular formula is C17H21O2S+. The van der Waals surface area contributed by atoms with Gasteiger partial charge in [0.1, 0.15) is 17.8 Å². The van der Waals surface area contributed by atoms with Crippen molar-refractivity contribution in [3.63, 3.8) is 0 Å². The Hall–Kier alpha value is -1.61. The fourth-order valence-electron chi connectivity index (χ4n) is 2.32. The lowest BCUT2D eigenvalue weighted by atomic mass is 10.1. The van der Waals surface area contributed by atoms with Crippen molar-refractivity contribution in [1.29, 1.82) is 0 Å². The molecule has 0 saturated carbocycles. The SMILES string of the molecule is Cc1cc([S+](C)c2cc(C)c(O)c(C)c2)cc(C)c1O. The zero-order valence-electron chi connectivity index (χ0n) is 12.6. The monoisotopic (exact) mass is 289 g/mol. The van der Waals surface area contributed by atoms with Crippen LogP contribution >= 0.6 is 0 Å². The van der Waals surface area contributed by atoms with Gasteiger partial charge in [0.15, 0.2) is 9.79 Å². The van der Waals surface area contributed by atoms with Crippen LogP contribution in [0.4, 0.5) is 0 Å². The molecule has 0 radical (unpaired) electrons.